The lowest BCUT2D eigenvalue weighted by atomic mass is 9.86. The van der Waals surface area contributed by atoms with Crippen molar-refractivity contribution < 1.29 is 14.6 Å². The van der Waals surface area contributed by atoms with Crippen molar-refractivity contribution in [1.29, 1.82) is 0 Å². The van der Waals surface area contributed by atoms with Gasteiger partial charge < -0.3 is 14.1 Å². The number of ether oxygens (including phenoxy) is 1. The number of benzene rings is 3. The van der Waals surface area contributed by atoms with Gasteiger partial charge in [-0.25, -0.2) is 4.79 Å². The molecule has 178 valence electrons. The van der Waals surface area contributed by atoms with Gasteiger partial charge in [-0.2, -0.15) is 0 Å². The van der Waals surface area contributed by atoms with Crippen LogP contribution >= 0.6 is 11.9 Å². The van der Waals surface area contributed by atoms with E-state index in [0.717, 1.165) is 17.0 Å². The summed E-state index contributed by atoms with van der Waals surface area (Å²) in [5.74, 6) is 0.0787. The summed E-state index contributed by atoms with van der Waals surface area (Å²) in [6.45, 7) is 13.8. The maximum atomic E-state index is 10.8. The van der Waals surface area contributed by atoms with Gasteiger partial charge in [-0.3, -0.25) is 0 Å². The summed E-state index contributed by atoms with van der Waals surface area (Å²) in [6.07, 6.45) is 0. The smallest absolute Gasteiger partial charge is 0.341 e. The molecule has 0 radical (unpaired) electrons. The molecule has 3 aromatic rings. The Morgan fingerprint density at radius 2 is 1.74 bits per heavy atom. The number of carboxylic acids is 1. The van der Waals surface area contributed by atoms with Crippen molar-refractivity contribution in [1.82, 2.24) is 0 Å². The van der Waals surface area contributed by atoms with Gasteiger partial charge in [0.25, 0.3) is 0 Å². The number of carboxylic acid groups (broad SMARTS) is 1. The fourth-order valence-electron chi connectivity index (χ4n) is 4.48. The van der Waals surface area contributed by atoms with Gasteiger partial charge in [0.15, 0.2) is 6.61 Å². The monoisotopic (exact) mass is 475 g/mol. The van der Waals surface area contributed by atoms with E-state index in [2.05, 4.69) is 81.4 Å². The molecule has 3 aromatic carbocycles. The number of aryl methyl sites for hydroxylation is 2. The molecule has 0 aliphatic carbocycles. The van der Waals surface area contributed by atoms with E-state index in [4.69, 9.17) is 9.84 Å². The standard InChI is InChI=1S/C29H33NO3S/c1-18-14-24(11-12-26(18)33-17-27(31)32)34-30-16-20(3)25-15-22(13-19(2)28(25)30)21-7-9-23(10-8-21)29(4,5)6/h7-15,20H,16-17H2,1-6H3,(H,31,32). The van der Waals surface area contributed by atoms with Gasteiger partial charge in [0, 0.05) is 17.4 Å². The van der Waals surface area contributed by atoms with Gasteiger partial charge in [0.2, 0.25) is 0 Å². The number of aliphatic carboxylic acids is 1. The van der Waals surface area contributed by atoms with Crippen LogP contribution in [0.5, 0.6) is 5.75 Å². The molecule has 1 aliphatic heterocycles. The van der Waals surface area contributed by atoms with E-state index >= 15 is 0 Å². The highest BCUT2D eigenvalue weighted by molar-refractivity contribution is 8.00. The molecular formula is C29H33NO3S. The maximum Gasteiger partial charge on any atom is 0.341 e. The van der Waals surface area contributed by atoms with Crippen molar-refractivity contribution in [2.45, 2.75) is 57.8 Å². The third-order valence-corrected chi connectivity index (χ3v) is 7.36. The van der Waals surface area contributed by atoms with E-state index in [1.807, 2.05) is 19.1 Å². The quantitative estimate of drug-likeness (QED) is 0.377. The van der Waals surface area contributed by atoms with E-state index in [1.54, 1.807) is 11.9 Å². The van der Waals surface area contributed by atoms with E-state index in [9.17, 15) is 4.79 Å². The molecule has 34 heavy (non-hydrogen) atoms. The predicted molar refractivity (Wildman–Crippen MR) is 141 cm³/mol. The summed E-state index contributed by atoms with van der Waals surface area (Å²) in [5, 5.41) is 8.85. The minimum absolute atomic E-state index is 0.150. The molecule has 0 fully saturated rings. The Bertz CT molecular complexity index is 1210. The number of anilines is 1. The molecule has 0 aromatic heterocycles. The number of hydrogen-bond acceptors (Lipinski definition) is 4. The summed E-state index contributed by atoms with van der Waals surface area (Å²) in [4.78, 5) is 11.9. The van der Waals surface area contributed by atoms with Crippen LogP contribution < -0.4 is 9.04 Å². The Hall–Kier alpha value is -2.92. The number of rotatable bonds is 6. The van der Waals surface area contributed by atoms with Gasteiger partial charge in [0.05, 0.1) is 5.69 Å². The zero-order valence-corrected chi connectivity index (χ0v) is 21.6. The first-order valence-electron chi connectivity index (χ1n) is 11.7. The lowest BCUT2D eigenvalue weighted by molar-refractivity contribution is -0.139. The minimum Gasteiger partial charge on any atom is -0.482 e. The number of carbonyl (C=O) groups is 1. The third-order valence-electron chi connectivity index (χ3n) is 6.35. The van der Waals surface area contributed by atoms with Gasteiger partial charge >= 0.3 is 5.97 Å². The van der Waals surface area contributed by atoms with E-state index in [-0.39, 0.29) is 12.0 Å². The lowest BCUT2D eigenvalue weighted by Crippen LogP contribution is -2.13. The second-order valence-corrected chi connectivity index (χ2v) is 11.3. The first-order valence-corrected chi connectivity index (χ1v) is 12.5. The highest BCUT2D eigenvalue weighted by Gasteiger charge is 2.29. The fourth-order valence-corrected chi connectivity index (χ4v) is 5.73. The molecule has 0 amide bonds. The number of nitrogens with zero attached hydrogens (tertiary/aromatic N) is 1. The molecule has 1 aliphatic rings. The second kappa shape index (κ2) is 9.38. The van der Waals surface area contributed by atoms with E-state index in [1.165, 1.54) is 33.5 Å². The number of fused-ring (bicyclic) bond motifs is 1. The Morgan fingerprint density at radius 1 is 1.03 bits per heavy atom. The van der Waals surface area contributed by atoms with Crippen LogP contribution in [0, 0.1) is 13.8 Å². The average molecular weight is 476 g/mol. The molecule has 4 nitrogen and oxygen atoms in total. The molecule has 5 heteroatoms. The first kappa shape index (κ1) is 24.2. The topological polar surface area (TPSA) is 49.8 Å². The van der Waals surface area contributed by atoms with Crippen LogP contribution in [0.15, 0.2) is 59.5 Å². The summed E-state index contributed by atoms with van der Waals surface area (Å²) in [7, 11) is 0. The second-order valence-electron chi connectivity index (χ2n) is 10.2. The van der Waals surface area contributed by atoms with Crippen LogP contribution in [0.1, 0.15) is 55.9 Å². The van der Waals surface area contributed by atoms with Gasteiger partial charge in [-0.15, -0.1) is 0 Å². The predicted octanol–water partition coefficient (Wildman–Crippen LogP) is 7.36. The summed E-state index contributed by atoms with van der Waals surface area (Å²) in [6, 6.07) is 19.5. The van der Waals surface area contributed by atoms with Crippen LogP contribution in [-0.2, 0) is 10.2 Å². The highest BCUT2D eigenvalue weighted by Crippen LogP contribution is 2.46. The lowest BCUT2D eigenvalue weighted by Gasteiger charge is -2.21. The van der Waals surface area contributed by atoms with Crippen LogP contribution in [0.3, 0.4) is 0 Å². The van der Waals surface area contributed by atoms with Crippen molar-refractivity contribution >= 4 is 23.6 Å². The summed E-state index contributed by atoms with van der Waals surface area (Å²) >= 11 is 1.73. The van der Waals surface area contributed by atoms with Crippen molar-refractivity contribution in [3.8, 4) is 16.9 Å². The van der Waals surface area contributed by atoms with Crippen molar-refractivity contribution in [2.24, 2.45) is 0 Å². The van der Waals surface area contributed by atoms with Crippen LogP contribution in [-0.4, -0.2) is 24.2 Å². The first-order chi connectivity index (χ1) is 16.0. The zero-order chi connectivity index (χ0) is 24.6. The van der Waals surface area contributed by atoms with Gasteiger partial charge in [-0.05, 0) is 94.9 Å². The summed E-state index contributed by atoms with van der Waals surface area (Å²) < 4.78 is 7.76. The van der Waals surface area contributed by atoms with Crippen LogP contribution in [0.2, 0.25) is 0 Å². The molecule has 1 N–H and O–H groups in total. The third kappa shape index (κ3) is 5.10. The molecule has 1 atom stereocenters. The SMILES string of the molecule is Cc1cc(SN2CC(C)c3cc(-c4ccc(C(C)(C)C)cc4)cc(C)c32)ccc1OCC(=O)O. The summed E-state index contributed by atoms with van der Waals surface area (Å²) in [5.41, 5.74) is 8.93. The van der Waals surface area contributed by atoms with Crippen molar-refractivity contribution in [2.75, 3.05) is 17.5 Å². The molecule has 0 spiro atoms. The molecular weight excluding hydrogens is 442 g/mol. The maximum absolute atomic E-state index is 10.8. The Labute approximate surface area is 207 Å². The van der Waals surface area contributed by atoms with Crippen LogP contribution in [0.4, 0.5) is 5.69 Å². The molecule has 0 bridgehead atoms. The largest absolute Gasteiger partial charge is 0.482 e. The van der Waals surface area contributed by atoms with E-state index in [0.29, 0.717) is 11.7 Å². The van der Waals surface area contributed by atoms with Gasteiger partial charge in [0.1, 0.15) is 5.75 Å². The van der Waals surface area contributed by atoms with Crippen molar-refractivity contribution in [3.05, 3.63) is 76.9 Å². The van der Waals surface area contributed by atoms with Crippen molar-refractivity contribution in [3.63, 3.8) is 0 Å². The minimum atomic E-state index is -0.972. The van der Waals surface area contributed by atoms with E-state index < -0.39 is 5.97 Å². The molecule has 0 saturated carbocycles. The number of hydrogen-bond donors (Lipinski definition) is 1. The normalized spacial score (nSPS) is 15.4. The molecule has 1 unspecified atom stereocenters. The molecule has 1 heterocycles. The molecule has 4 rings (SSSR count). The Balaban J connectivity index is 1.57. The Kier molecular flexibility index (Phi) is 6.68. The average Bonchev–Trinajstić information content (AvgIpc) is 3.08. The van der Waals surface area contributed by atoms with Crippen LogP contribution in [0.25, 0.3) is 11.1 Å². The zero-order valence-electron chi connectivity index (χ0n) is 20.8. The van der Waals surface area contributed by atoms with Gasteiger partial charge in [-0.1, -0.05) is 52.0 Å². The highest BCUT2D eigenvalue weighted by atomic mass is 32.2. The molecule has 0 saturated heterocycles. The Morgan fingerprint density at radius 3 is 2.35 bits per heavy atom. The fraction of sp³-hybridized carbons (Fsp3) is 0.345.